The molecule has 0 radical (unpaired) electrons. The summed E-state index contributed by atoms with van der Waals surface area (Å²) >= 11 is 0. The fraction of sp³-hybridized carbons (Fsp3) is 0.167. The lowest BCUT2D eigenvalue weighted by Crippen LogP contribution is -2.21. The zero-order valence-electron chi connectivity index (χ0n) is 20.7. The summed E-state index contributed by atoms with van der Waals surface area (Å²) in [5.41, 5.74) is 4.76. The first-order valence-corrected chi connectivity index (χ1v) is 12.0. The summed E-state index contributed by atoms with van der Waals surface area (Å²) in [4.78, 5) is 17.3. The topological polar surface area (TPSA) is 71.8 Å². The molecule has 0 aliphatic rings. The van der Waals surface area contributed by atoms with Crippen molar-refractivity contribution < 1.29 is 4.79 Å². The zero-order chi connectivity index (χ0) is 25.1. The Bertz CT molecular complexity index is 1500. The van der Waals surface area contributed by atoms with E-state index in [9.17, 15) is 4.79 Å². The van der Waals surface area contributed by atoms with Gasteiger partial charge in [-0.25, -0.2) is 9.48 Å². The highest BCUT2D eigenvalue weighted by atomic mass is 16.2. The van der Waals surface area contributed by atoms with E-state index in [0.29, 0.717) is 5.82 Å². The van der Waals surface area contributed by atoms with E-state index < -0.39 is 0 Å². The molecule has 36 heavy (non-hydrogen) atoms. The smallest absolute Gasteiger partial charge is 0.307 e. The maximum atomic E-state index is 13.2. The average molecular weight is 476 g/mol. The van der Waals surface area contributed by atoms with Crippen molar-refractivity contribution in [2.24, 2.45) is 0 Å². The maximum Gasteiger partial charge on any atom is 0.324 e. The van der Waals surface area contributed by atoms with E-state index in [2.05, 4.69) is 48.5 Å². The third-order valence-corrected chi connectivity index (χ3v) is 6.13. The average Bonchev–Trinajstić information content (AvgIpc) is 3.31. The molecule has 0 fully saturated rings. The van der Waals surface area contributed by atoms with E-state index in [-0.39, 0.29) is 11.4 Å². The van der Waals surface area contributed by atoms with Crippen molar-refractivity contribution in [1.82, 2.24) is 14.8 Å². The first-order valence-electron chi connectivity index (χ1n) is 12.0. The number of nitrogens with zero attached hydrogens (tertiary/aromatic N) is 3. The second-order valence-electron chi connectivity index (χ2n) is 9.84. The molecule has 2 aromatic heterocycles. The Morgan fingerprint density at radius 1 is 0.833 bits per heavy atom. The van der Waals surface area contributed by atoms with Gasteiger partial charge >= 0.3 is 6.03 Å². The second-order valence-corrected chi connectivity index (χ2v) is 9.84. The van der Waals surface area contributed by atoms with E-state index in [4.69, 9.17) is 5.10 Å². The largest absolute Gasteiger partial charge is 0.324 e. The Morgan fingerprint density at radius 2 is 1.53 bits per heavy atom. The van der Waals surface area contributed by atoms with Crippen LogP contribution >= 0.6 is 0 Å². The van der Waals surface area contributed by atoms with Crippen LogP contribution in [0.4, 0.5) is 16.3 Å². The van der Waals surface area contributed by atoms with Crippen LogP contribution < -0.4 is 10.6 Å². The van der Waals surface area contributed by atoms with Gasteiger partial charge in [0.2, 0.25) is 0 Å². The minimum Gasteiger partial charge on any atom is -0.307 e. The number of hydrogen-bond acceptors (Lipinski definition) is 3. The molecule has 6 heteroatoms. The normalized spacial score (nSPS) is 11.4. The Kier molecular flexibility index (Phi) is 6.25. The lowest BCUT2D eigenvalue weighted by Gasteiger charge is -2.14. The molecule has 5 aromatic rings. The molecule has 0 saturated heterocycles. The third-order valence-electron chi connectivity index (χ3n) is 6.13. The van der Waals surface area contributed by atoms with Crippen LogP contribution in [0.15, 0.2) is 97.3 Å². The van der Waals surface area contributed by atoms with Crippen LogP contribution in [0, 0.1) is 0 Å². The van der Waals surface area contributed by atoms with Crippen LogP contribution in [0.2, 0.25) is 0 Å². The number of rotatable bonds is 5. The van der Waals surface area contributed by atoms with Crippen molar-refractivity contribution in [1.29, 1.82) is 0 Å². The van der Waals surface area contributed by atoms with Crippen molar-refractivity contribution >= 4 is 28.3 Å². The number of aromatic nitrogens is 3. The van der Waals surface area contributed by atoms with Crippen molar-refractivity contribution in [2.75, 3.05) is 10.6 Å². The van der Waals surface area contributed by atoms with Gasteiger partial charge in [-0.15, -0.1) is 0 Å². The molecule has 6 nitrogen and oxygen atoms in total. The molecular weight excluding hydrogens is 446 g/mol. The number of urea groups is 1. The standard InChI is InChI=1S/C30H29N5O/c1-30(2,3)27-20-28(35(34-27)23-9-5-4-6-10-23)33-29(36)32-26-14-13-22(19-21-15-17-31-18-16-21)24-11-7-8-12-25(24)26/h4-18,20H,19H2,1-3H3,(H2,32,33,36). The van der Waals surface area contributed by atoms with Gasteiger partial charge in [-0.1, -0.05) is 69.3 Å². The Balaban J connectivity index is 1.43. The van der Waals surface area contributed by atoms with E-state index in [1.807, 2.05) is 85.2 Å². The van der Waals surface area contributed by atoms with Gasteiger partial charge in [-0.05, 0) is 53.3 Å². The van der Waals surface area contributed by atoms with Crippen molar-refractivity contribution in [3.05, 3.63) is 114 Å². The monoisotopic (exact) mass is 475 g/mol. The van der Waals surface area contributed by atoms with Crippen LogP contribution in [-0.4, -0.2) is 20.8 Å². The number of carbonyl (C=O) groups is 1. The van der Waals surface area contributed by atoms with Gasteiger partial charge < -0.3 is 5.32 Å². The number of anilines is 2. The Morgan fingerprint density at radius 3 is 2.25 bits per heavy atom. The number of hydrogen-bond donors (Lipinski definition) is 2. The first kappa shape index (κ1) is 23.3. The molecule has 3 aromatic carbocycles. The molecule has 0 saturated carbocycles. The summed E-state index contributed by atoms with van der Waals surface area (Å²) < 4.78 is 1.77. The van der Waals surface area contributed by atoms with Crippen LogP contribution in [0.5, 0.6) is 0 Å². The number of carbonyl (C=O) groups excluding carboxylic acids is 1. The molecule has 0 aliphatic heterocycles. The van der Waals surface area contributed by atoms with Crippen molar-refractivity contribution in [3.63, 3.8) is 0 Å². The Labute approximate surface area is 211 Å². The molecule has 0 spiro atoms. The lowest BCUT2D eigenvalue weighted by molar-refractivity contribution is 0.262. The summed E-state index contributed by atoms with van der Waals surface area (Å²) in [6, 6.07) is 27.6. The van der Waals surface area contributed by atoms with E-state index in [1.54, 1.807) is 4.68 Å². The van der Waals surface area contributed by atoms with Gasteiger partial charge in [0.25, 0.3) is 0 Å². The minimum absolute atomic E-state index is 0.159. The SMILES string of the molecule is CC(C)(C)c1cc(NC(=O)Nc2ccc(Cc3ccncc3)c3ccccc23)n(-c2ccccc2)n1. The highest BCUT2D eigenvalue weighted by molar-refractivity contribution is 6.06. The molecule has 2 amide bonds. The van der Waals surface area contributed by atoms with E-state index in [1.165, 1.54) is 11.1 Å². The van der Waals surface area contributed by atoms with Crippen LogP contribution in [0.1, 0.15) is 37.6 Å². The molecule has 180 valence electrons. The molecule has 2 heterocycles. The van der Waals surface area contributed by atoms with Gasteiger partial charge in [0.15, 0.2) is 0 Å². The fourth-order valence-corrected chi connectivity index (χ4v) is 4.22. The highest BCUT2D eigenvalue weighted by Crippen LogP contribution is 2.29. The number of nitrogens with one attached hydrogen (secondary N) is 2. The summed E-state index contributed by atoms with van der Waals surface area (Å²) in [5.74, 6) is 0.613. The number of pyridine rings is 1. The third kappa shape index (κ3) is 4.98. The summed E-state index contributed by atoms with van der Waals surface area (Å²) in [7, 11) is 0. The number of benzene rings is 3. The van der Waals surface area contributed by atoms with Crippen LogP contribution in [0.25, 0.3) is 16.5 Å². The van der Waals surface area contributed by atoms with Gasteiger partial charge in [-0.2, -0.15) is 5.10 Å². The summed E-state index contributed by atoms with van der Waals surface area (Å²) in [5, 5.41) is 12.9. The number of para-hydroxylation sites is 1. The summed E-state index contributed by atoms with van der Waals surface area (Å²) in [6.07, 6.45) is 4.41. The molecular formula is C30H29N5O. The minimum atomic E-state index is -0.320. The highest BCUT2D eigenvalue weighted by Gasteiger charge is 2.21. The van der Waals surface area contributed by atoms with Crippen molar-refractivity contribution in [3.8, 4) is 5.69 Å². The molecule has 2 N–H and O–H groups in total. The van der Waals surface area contributed by atoms with Gasteiger partial charge in [0.1, 0.15) is 5.82 Å². The van der Waals surface area contributed by atoms with Gasteiger partial charge in [-0.3, -0.25) is 10.3 Å². The van der Waals surface area contributed by atoms with E-state index >= 15 is 0 Å². The van der Waals surface area contributed by atoms with E-state index in [0.717, 1.165) is 34.3 Å². The van der Waals surface area contributed by atoms with Crippen molar-refractivity contribution in [2.45, 2.75) is 32.6 Å². The fourth-order valence-electron chi connectivity index (χ4n) is 4.22. The maximum absolute atomic E-state index is 13.2. The molecule has 0 aliphatic carbocycles. The molecule has 0 unspecified atom stereocenters. The van der Waals surface area contributed by atoms with Crippen LogP contribution in [0.3, 0.4) is 0 Å². The second kappa shape index (κ2) is 9.66. The quantitative estimate of drug-likeness (QED) is 0.289. The number of amides is 2. The molecule has 0 bridgehead atoms. The number of fused-ring (bicyclic) bond motifs is 1. The predicted octanol–water partition coefficient (Wildman–Crippen LogP) is 6.95. The van der Waals surface area contributed by atoms with Gasteiger partial charge in [0.05, 0.1) is 17.1 Å². The summed E-state index contributed by atoms with van der Waals surface area (Å²) in [6.45, 7) is 6.32. The van der Waals surface area contributed by atoms with Crippen LogP contribution in [-0.2, 0) is 11.8 Å². The first-order chi connectivity index (χ1) is 17.4. The zero-order valence-corrected chi connectivity index (χ0v) is 20.7. The lowest BCUT2D eigenvalue weighted by atomic mass is 9.92. The molecule has 5 rings (SSSR count). The molecule has 0 atom stereocenters. The predicted molar refractivity (Wildman–Crippen MR) is 146 cm³/mol. The van der Waals surface area contributed by atoms with Gasteiger partial charge in [0, 0.05) is 29.3 Å². The Hall–Kier alpha value is -4.45.